The summed E-state index contributed by atoms with van der Waals surface area (Å²) in [7, 11) is 2.21. The Balaban J connectivity index is 1.68. The van der Waals surface area contributed by atoms with Gasteiger partial charge in [-0.2, -0.15) is 0 Å². The van der Waals surface area contributed by atoms with E-state index < -0.39 is 0 Å². The quantitative estimate of drug-likeness (QED) is 0.620. The number of hydrogen-bond acceptors (Lipinski definition) is 4. The maximum atomic E-state index is 3.39. The Labute approximate surface area is 86.8 Å². The molecule has 0 aliphatic carbocycles. The van der Waals surface area contributed by atoms with Crippen molar-refractivity contribution in [2.24, 2.45) is 0 Å². The lowest BCUT2D eigenvalue weighted by atomic mass is 10.3. The van der Waals surface area contributed by atoms with Gasteiger partial charge >= 0.3 is 0 Å². The van der Waals surface area contributed by atoms with Crippen molar-refractivity contribution < 1.29 is 0 Å². The molecule has 2 fully saturated rings. The van der Waals surface area contributed by atoms with Gasteiger partial charge in [0.1, 0.15) is 0 Å². The molecule has 0 spiro atoms. The molecule has 82 valence electrons. The fourth-order valence-electron chi connectivity index (χ4n) is 2.12. The molecule has 0 unspecified atom stereocenters. The fraction of sp³-hybridized carbons (Fsp3) is 1.00. The van der Waals surface area contributed by atoms with Gasteiger partial charge in [-0.15, -0.1) is 0 Å². The molecule has 0 radical (unpaired) electrons. The number of likely N-dealkylation sites (N-methyl/N-ethyl adjacent to an activating group) is 1. The zero-order valence-corrected chi connectivity index (χ0v) is 9.21. The zero-order chi connectivity index (χ0) is 9.80. The van der Waals surface area contributed by atoms with Crippen LogP contribution in [0.25, 0.3) is 0 Å². The van der Waals surface area contributed by atoms with Gasteiger partial charge in [0.05, 0.1) is 6.67 Å². The second-order valence-corrected chi connectivity index (χ2v) is 4.43. The van der Waals surface area contributed by atoms with E-state index in [1.54, 1.807) is 0 Å². The molecule has 0 aromatic heterocycles. The van der Waals surface area contributed by atoms with Gasteiger partial charge in [0.15, 0.2) is 0 Å². The van der Waals surface area contributed by atoms with Gasteiger partial charge in [-0.1, -0.05) is 0 Å². The smallest absolute Gasteiger partial charge is 0.0508 e. The minimum atomic E-state index is 1.16. The summed E-state index contributed by atoms with van der Waals surface area (Å²) in [5, 5.41) is 3.39. The summed E-state index contributed by atoms with van der Waals surface area (Å²) in [6.07, 6.45) is 0. The molecule has 0 atom stereocenters. The van der Waals surface area contributed by atoms with Crippen molar-refractivity contribution in [3.05, 3.63) is 0 Å². The Kier molecular flexibility index (Phi) is 3.75. The molecule has 1 N–H and O–H groups in total. The van der Waals surface area contributed by atoms with Crippen molar-refractivity contribution >= 4 is 0 Å². The summed E-state index contributed by atoms with van der Waals surface area (Å²) in [5.74, 6) is 0. The summed E-state index contributed by atoms with van der Waals surface area (Å²) < 4.78 is 0. The van der Waals surface area contributed by atoms with Crippen LogP contribution in [0.15, 0.2) is 0 Å². The van der Waals surface area contributed by atoms with E-state index in [9.17, 15) is 0 Å². The van der Waals surface area contributed by atoms with E-state index in [2.05, 4.69) is 27.1 Å². The molecule has 2 heterocycles. The Morgan fingerprint density at radius 2 is 1.43 bits per heavy atom. The lowest BCUT2D eigenvalue weighted by Gasteiger charge is -2.37. The predicted octanol–water partition coefficient (Wildman–Crippen LogP) is -0.903. The third kappa shape index (κ3) is 2.92. The van der Waals surface area contributed by atoms with Crippen LogP contribution in [0.2, 0.25) is 0 Å². The van der Waals surface area contributed by atoms with Gasteiger partial charge < -0.3 is 10.2 Å². The predicted molar refractivity (Wildman–Crippen MR) is 58.4 cm³/mol. The summed E-state index contributed by atoms with van der Waals surface area (Å²) in [4.78, 5) is 7.54. The summed E-state index contributed by atoms with van der Waals surface area (Å²) >= 11 is 0. The van der Waals surface area contributed by atoms with Crippen LogP contribution in [0.4, 0.5) is 0 Å². The lowest BCUT2D eigenvalue weighted by molar-refractivity contribution is 0.0769. The molecular weight excluding hydrogens is 176 g/mol. The summed E-state index contributed by atoms with van der Waals surface area (Å²) in [6.45, 7) is 10.9. The van der Waals surface area contributed by atoms with Gasteiger partial charge in [-0.05, 0) is 7.05 Å². The second kappa shape index (κ2) is 5.07. The van der Waals surface area contributed by atoms with E-state index >= 15 is 0 Å². The van der Waals surface area contributed by atoms with Crippen molar-refractivity contribution in [1.29, 1.82) is 0 Å². The number of hydrogen-bond donors (Lipinski definition) is 1. The molecule has 2 aliphatic rings. The minimum Gasteiger partial charge on any atom is -0.314 e. The zero-order valence-electron chi connectivity index (χ0n) is 9.21. The van der Waals surface area contributed by atoms with E-state index in [1.165, 1.54) is 45.9 Å². The van der Waals surface area contributed by atoms with Crippen LogP contribution in [-0.4, -0.2) is 80.8 Å². The van der Waals surface area contributed by atoms with Gasteiger partial charge in [0.25, 0.3) is 0 Å². The van der Waals surface area contributed by atoms with Crippen molar-refractivity contribution in [3.63, 3.8) is 0 Å². The lowest BCUT2D eigenvalue weighted by Crippen LogP contribution is -2.52. The van der Waals surface area contributed by atoms with E-state index in [1.807, 2.05) is 0 Å². The van der Waals surface area contributed by atoms with Gasteiger partial charge in [0.2, 0.25) is 0 Å². The standard InChI is InChI=1S/C10H22N4/c1-12-6-8-14(9-7-12)10-13-4-2-11-3-5-13/h11H,2-10H2,1H3. The van der Waals surface area contributed by atoms with E-state index in [-0.39, 0.29) is 0 Å². The fourth-order valence-corrected chi connectivity index (χ4v) is 2.12. The maximum absolute atomic E-state index is 3.39. The topological polar surface area (TPSA) is 21.8 Å². The first-order chi connectivity index (χ1) is 6.84. The van der Waals surface area contributed by atoms with Crippen LogP contribution in [-0.2, 0) is 0 Å². The molecule has 4 heteroatoms. The average molecular weight is 198 g/mol. The first kappa shape index (κ1) is 10.4. The second-order valence-electron chi connectivity index (χ2n) is 4.43. The van der Waals surface area contributed by atoms with Crippen LogP contribution in [0.3, 0.4) is 0 Å². The van der Waals surface area contributed by atoms with Crippen LogP contribution in [0, 0.1) is 0 Å². The first-order valence-corrected chi connectivity index (χ1v) is 5.68. The summed E-state index contributed by atoms with van der Waals surface area (Å²) in [6, 6.07) is 0. The third-order valence-electron chi connectivity index (χ3n) is 3.21. The largest absolute Gasteiger partial charge is 0.314 e. The molecule has 0 aromatic carbocycles. The van der Waals surface area contributed by atoms with Crippen LogP contribution >= 0.6 is 0 Å². The molecular formula is C10H22N4. The highest BCUT2D eigenvalue weighted by atomic mass is 15.4. The Bertz CT molecular complexity index is 160. The van der Waals surface area contributed by atoms with Crippen molar-refractivity contribution in [2.75, 3.05) is 66.1 Å². The molecule has 2 aliphatic heterocycles. The Morgan fingerprint density at radius 3 is 2.07 bits per heavy atom. The molecule has 4 nitrogen and oxygen atoms in total. The molecule has 0 aromatic rings. The molecule has 2 rings (SSSR count). The van der Waals surface area contributed by atoms with Gasteiger partial charge in [0, 0.05) is 52.4 Å². The number of piperazine rings is 2. The van der Waals surface area contributed by atoms with E-state index in [0.717, 1.165) is 13.1 Å². The Morgan fingerprint density at radius 1 is 0.857 bits per heavy atom. The normalized spacial score (nSPS) is 28.1. The molecule has 14 heavy (non-hydrogen) atoms. The Hall–Kier alpha value is -0.160. The van der Waals surface area contributed by atoms with Gasteiger partial charge in [-0.25, -0.2) is 0 Å². The number of nitrogens with zero attached hydrogens (tertiary/aromatic N) is 3. The van der Waals surface area contributed by atoms with E-state index in [4.69, 9.17) is 0 Å². The minimum absolute atomic E-state index is 1.16. The molecule has 0 saturated carbocycles. The van der Waals surface area contributed by atoms with Crippen LogP contribution in [0.5, 0.6) is 0 Å². The highest BCUT2D eigenvalue weighted by Gasteiger charge is 2.17. The van der Waals surface area contributed by atoms with Crippen molar-refractivity contribution in [2.45, 2.75) is 0 Å². The summed E-state index contributed by atoms with van der Waals surface area (Å²) in [5.41, 5.74) is 0. The number of rotatable bonds is 2. The maximum Gasteiger partial charge on any atom is 0.0508 e. The first-order valence-electron chi connectivity index (χ1n) is 5.68. The molecule has 0 amide bonds. The van der Waals surface area contributed by atoms with Crippen LogP contribution < -0.4 is 5.32 Å². The third-order valence-corrected chi connectivity index (χ3v) is 3.21. The van der Waals surface area contributed by atoms with Crippen molar-refractivity contribution in [3.8, 4) is 0 Å². The monoisotopic (exact) mass is 198 g/mol. The SMILES string of the molecule is CN1CCN(CN2CCNCC2)CC1. The molecule has 2 saturated heterocycles. The highest BCUT2D eigenvalue weighted by Crippen LogP contribution is 2.01. The van der Waals surface area contributed by atoms with Crippen molar-refractivity contribution in [1.82, 2.24) is 20.0 Å². The van der Waals surface area contributed by atoms with Gasteiger partial charge in [-0.3, -0.25) is 9.80 Å². The van der Waals surface area contributed by atoms with Crippen LogP contribution in [0.1, 0.15) is 0 Å². The molecule has 0 bridgehead atoms. The highest BCUT2D eigenvalue weighted by molar-refractivity contribution is 4.72. The van der Waals surface area contributed by atoms with E-state index in [0.29, 0.717) is 0 Å². The average Bonchev–Trinajstić information content (AvgIpc) is 2.23. The number of nitrogens with one attached hydrogen (secondary N) is 1.